The minimum Gasteiger partial charge on any atom is -0.550 e. The molecular formula is C24H49N4O5+. The summed E-state index contributed by atoms with van der Waals surface area (Å²) in [7, 11) is 10.3. The third kappa shape index (κ3) is 12.4. The summed E-state index contributed by atoms with van der Waals surface area (Å²) >= 11 is 0. The molecule has 0 spiro atoms. The molecular weight excluding hydrogens is 424 g/mol. The Hall–Kier alpha value is -1.71. The molecule has 194 valence electrons. The molecule has 0 saturated heterocycles. The molecule has 0 aliphatic heterocycles. The maximum absolute atomic E-state index is 12.9. The van der Waals surface area contributed by atoms with Gasteiger partial charge in [-0.2, -0.15) is 0 Å². The normalized spacial score (nSPS) is 17.0. The monoisotopic (exact) mass is 473 g/mol. The lowest BCUT2D eigenvalue weighted by Gasteiger charge is -2.35. The van der Waals surface area contributed by atoms with E-state index in [1.54, 1.807) is 13.8 Å². The molecule has 0 aromatic carbocycles. The summed E-state index contributed by atoms with van der Waals surface area (Å²) in [5, 5.41) is 25.0. The predicted molar refractivity (Wildman–Crippen MR) is 127 cm³/mol. The van der Waals surface area contributed by atoms with Gasteiger partial charge in [-0.1, -0.05) is 20.8 Å². The van der Waals surface area contributed by atoms with E-state index >= 15 is 0 Å². The lowest BCUT2D eigenvalue weighted by atomic mass is 9.75. The minimum atomic E-state index is -1.26. The molecule has 4 N–H and O–H groups in total. The van der Waals surface area contributed by atoms with Crippen LogP contribution in [0.25, 0.3) is 0 Å². The number of rotatable bonds is 17. The quantitative estimate of drug-likeness (QED) is 0.197. The highest BCUT2D eigenvalue weighted by molar-refractivity contribution is 5.83. The number of nitrogens with zero attached hydrogens (tertiary/aromatic N) is 2. The van der Waals surface area contributed by atoms with Gasteiger partial charge in [-0.25, -0.2) is 0 Å². The summed E-state index contributed by atoms with van der Waals surface area (Å²) in [5.41, 5.74) is 4.50. The molecule has 0 aromatic rings. The fraction of sp³-hybridized carbons (Fsp3) is 0.875. The number of carboxylic acids is 1. The lowest BCUT2D eigenvalue weighted by molar-refractivity contribution is -0.907. The summed E-state index contributed by atoms with van der Waals surface area (Å²) in [5.74, 6) is -3.45. The van der Waals surface area contributed by atoms with Crippen molar-refractivity contribution in [2.45, 2.75) is 59.0 Å². The summed E-state index contributed by atoms with van der Waals surface area (Å²) in [6.45, 7) is 7.95. The van der Waals surface area contributed by atoms with Crippen LogP contribution in [0.1, 0.15) is 52.9 Å². The SMILES string of the molecule is CCC(CC(CC(C)(CC)C(=O)NCCC[N+](C)(C)CC(O)C[N+](C)(C)C)C(=O)[O-])C(N)=O. The number of primary amides is 1. The van der Waals surface area contributed by atoms with Crippen LogP contribution in [0.15, 0.2) is 0 Å². The molecule has 0 radical (unpaired) electrons. The number of aliphatic hydroxyl groups is 1. The van der Waals surface area contributed by atoms with Crippen LogP contribution in [0, 0.1) is 17.3 Å². The molecule has 0 bridgehead atoms. The summed E-state index contributed by atoms with van der Waals surface area (Å²) < 4.78 is 1.33. The van der Waals surface area contributed by atoms with Crippen molar-refractivity contribution in [1.29, 1.82) is 0 Å². The van der Waals surface area contributed by atoms with Gasteiger partial charge in [0, 0.05) is 36.2 Å². The number of hydrogen-bond acceptors (Lipinski definition) is 5. The molecule has 0 aliphatic rings. The third-order valence-corrected chi connectivity index (χ3v) is 6.51. The average molecular weight is 474 g/mol. The van der Waals surface area contributed by atoms with Crippen molar-refractivity contribution in [3.63, 3.8) is 0 Å². The van der Waals surface area contributed by atoms with Crippen LogP contribution in [-0.4, -0.2) is 99.4 Å². The van der Waals surface area contributed by atoms with Crippen LogP contribution in [0.3, 0.4) is 0 Å². The van der Waals surface area contributed by atoms with Gasteiger partial charge in [0.05, 0.1) is 41.8 Å². The molecule has 0 aliphatic carbocycles. The van der Waals surface area contributed by atoms with Gasteiger partial charge in [0.1, 0.15) is 13.1 Å². The Balaban J connectivity index is 4.86. The van der Waals surface area contributed by atoms with Crippen molar-refractivity contribution in [3.8, 4) is 0 Å². The molecule has 2 amide bonds. The van der Waals surface area contributed by atoms with E-state index < -0.39 is 35.2 Å². The van der Waals surface area contributed by atoms with Gasteiger partial charge < -0.3 is 35.0 Å². The van der Waals surface area contributed by atoms with Crippen LogP contribution in [0.2, 0.25) is 0 Å². The van der Waals surface area contributed by atoms with Gasteiger partial charge in [-0.3, -0.25) is 9.59 Å². The standard InChI is InChI=1S/C24H48N4O5/c1-9-18(21(25)30)14-19(22(31)32)15-24(3,10-2)23(33)26-12-11-13-28(7,8)17-20(29)16-27(4,5)6/h18-20,29H,9-17H2,1-8H3,(H2-2,25,26,30,31,32,33)/p+1. The number of carbonyl (C=O) groups excluding carboxylic acids is 3. The smallest absolute Gasteiger partial charge is 0.225 e. The number of nitrogens with one attached hydrogen (secondary N) is 1. The summed E-state index contributed by atoms with van der Waals surface area (Å²) in [4.78, 5) is 36.2. The number of hydrogen-bond donors (Lipinski definition) is 3. The highest BCUT2D eigenvalue weighted by atomic mass is 16.4. The van der Waals surface area contributed by atoms with Crippen molar-refractivity contribution in [2.24, 2.45) is 23.0 Å². The number of aliphatic carboxylic acids is 1. The number of amides is 2. The van der Waals surface area contributed by atoms with Gasteiger partial charge in [0.15, 0.2) is 6.10 Å². The van der Waals surface area contributed by atoms with Crippen LogP contribution in [-0.2, 0) is 14.4 Å². The molecule has 0 rings (SSSR count). The van der Waals surface area contributed by atoms with Gasteiger partial charge in [0.25, 0.3) is 0 Å². The first-order valence-corrected chi connectivity index (χ1v) is 12.0. The first kappa shape index (κ1) is 31.3. The molecule has 4 atom stereocenters. The minimum absolute atomic E-state index is 0.0817. The fourth-order valence-corrected chi connectivity index (χ4v) is 4.31. The summed E-state index contributed by atoms with van der Waals surface area (Å²) in [6.07, 6.45) is 1.42. The Morgan fingerprint density at radius 1 is 1.06 bits per heavy atom. The fourth-order valence-electron chi connectivity index (χ4n) is 4.31. The Morgan fingerprint density at radius 2 is 1.64 bits per heavy atom. The van der Waals surface area contributed by atoms with E-state index in [0.717, 1.165) is 13.0 Å². The lowest BCUT2D eigenvalue weighted by Crippen LogP contribution is -2.52. The Bertz CT molecular complexity index is 647. The van der Waals surface area contributed by atoms with E-state index in [0.29, 0.717) is 41.4 Å². The molecule has 0 heterocycles. The van der Waals surface area contributed by atoms with Crippen molar-refractivity contribution >= 4 is 17.8 Å². The Labute approximate surface area is 200 Å². The van der Waals surface area contributed by atoms with Gasteiger partial charge in [-0.05, 0) is 25.7 Å². The zero-order chi connectivity index (χ0) is 26.0. The summed E-state index contributed by atoms with van der Waals surface area (Å²) in [6, 6.07) is 0. The Morgan fingerprint density at radius 3 is 2.06 bits per heavy atom. The Kier molecular flexibility index (Phi) is 12.6. The highest BCUT2D eigenvalue weighted by Crippen LogP contribution is 2.33. The number of nitrogens with two attached hydrogens (primary N) is 1. The molecule has 9 nitrogen and oxygen atoms in total. The first-order chi connectivity index (χ1) is 15.0. The van der Waals surface area contributed by atoms with Crippen LogP contribution < -0.4 is 16.2 Å². The van der Waals surface area contributed by atoms with Crippen molar-refractivity contribution < 1.29 is 33.6 Å². The maximum Gasteiger partial charge on any atom is 0.225 e. The van der Waals surface area contributed by atoms with Crippen molar-refractivity contribution in [1.82, 2.24) is 5.32 Å². The van der Waals surface area contributed by atoms with E-state index in [1.165, 1.54) is 0 Å². The number of quaternary nitrogens is 2. The molecule has 0 aromatic heterocycles. The predicted octanol–water partition coefficient (Wildman–Crippen LogP) is -0.290. The van der Waals surface area contributed by atoms with Crippen LogP contribution >= 0.6 is 0 Å². The van der Waals surface area contributed by atoms with E-state index in [-0.39, 0.29) is 18.7 Å². The topological polar surface area (TPSA) is 133 Å². The largest absolute Gasteiger partial charge is 0.550 e. The number of aliphatic hydroxyl groups excluding tert-OH is 1. The average Bonchev–Trinajstić information content (AvgIpc) is 2.65. The van der Waals surface area contributed by atoms with E-state index in [4.69, 9.17) is 5.73 Å². The number of carboxylic acid groups (broad SMARTS) is 1. The zero-order valence-corrected chi connectivity index (χ0v) is 22.1. The maximum atomic E-state index is 12.9. The molecule has 9 heteroatoms. The highest BCUT2D eigenvalue weighted by Gasteiger charge is 2.35. The zero-order valence-electron chi connectivity index (χ0n) is 22.1. The van der Waals surface area contributed by atoms with Gasteiger partial charge in [-0.15, -0.1) is 0 Å². The van der Waals surface area contributed by atoms with Crippen molar-refractivity contribution in [3.05, 3.63) is 0 Å². The second kappa shape index (κ2) is 13.2. The number of likely N-dealkylation sites (N-methyl/N-ethyl adjacent to an activating group) is 2. The molecule has 4 unspecified atom stereocenters. The van der Waals surface area contributed by atoms with E-state index in [1.807, 2.05) is 28.1 Å². The van der Waals surface area contributed by atoms with Crippen molar-refractivity contribution in [2.75, 3.05) is 61.4 Å². The van der Waals surface area contributed by atoms with Crippen LogP contribution in [0.4, 0.5) is 0 Å². The van der Waals surface area contributed by atoms with E-state index in [2.05, 4.69) is 19.4 Å². The van der Waals surface area contributed by atoms with Crippen LogP contribution in [0.5, 0.6) is 0 Å². The second-order valence-electron chi connectivity index (χ2n) is 11.5. The second-order valence-corrected chi connectivity index (χ2v) is 11.5. The van der Waals surface area contributed by atoms with Gasteiger partial charge >= 0.3 is 0 Å². The molecule has 0 saturated carbocycles. The molecule has 0 fully saturated rings. The number of carbonyl (C=O) groups is 3. The first-order valence-electron chi connectivity index (χ1n) is 12.0. The third-order valence-electron chi connectivity index (χ3n) is 6.51. The molecule has 33 heavy (non-hydrogen) atoms. The van der Waals surface area contributed by atoms with Gasteiger partial charge in [0.2, 0.25) is 11.8 Å². The van der Waals surface area contributed by atoms with E-state index in [9.17, 15) is 24.6 Å².